The zero-order valence-corrected chi connectivity index (χ0v) is 10.6. The van der Waals surface area contributed by atoms with E-state index in [0.717, 1.165) is 19.3 Å². The van der Waals surface area contributed by atoms with E-state index in [2.05, 4.69) is 26.0 Å². The van der Waals surface area contributed by atoms with E-state index in [-0.39, 0.29) is 5.92 Å². The number of hydrogen-bond donors (Lipinski definition) is 0. The van der Waals surface area contributed by atoms with Crippen LogP contribution in [0, 0.1) is 5.92 Å². The topological polar surface area (TPSA) is 17.1 Å². The summed E-state index contributed by atoms with van der Waals surface area (Å²) in [6, 6.07) is 10.3. The third-order valence-electron chi connectivity index (χ3n) is 3.32. The summed E-state index contributed by atoms with van der Waals surface area (Å²) in [6.07, 6.45) is 3.31. The van der Waals surface area contributed by atoms with Crippen molar-refractivity contribution in [2.45, 2.75) is 46.0 Å². The second kappa shape index (κ2) is 6.47. The first-order valence-electron chi connectivity index (χ1n) is 6.22. The molecule has 0 unspecified atom stereocenters. The third-order valence-corrected chi connectivity index (χ3v) is 3.32. The summed E-state index contributed by atoms with van der Waals surface area (Å²) in [7, 11) is 0. The van der Waals surface area contributed by atoms with E-state index in [1.54, 1.807) is 6.92 Å². The number of Topliss-reactive ketones (excluding diaryl/α,β-unsaturated/α-hetero) is 1. The van der Waals surface area contributed by atoms with E-state index >= 15 is 0 Å². The largest absolute Gasteiger partial charge is 0.300 e. The molecule has 0 bridgehead atoms. The molecule has 0 amide bonds. The standard InChI is InChI=1S/C15H22O/c1-4-5-11-15(13(3)16)12(2)14-9-7-6-8-10-14/h6-10,12,15H,4-5,11H2,1-3H3/t12-,15+/m1/s1. The molecule has 2 atom stereocenters. The van der Waals surface area contributed by atoms with Crippen LogP contribution in [0.15, 0.2) is 30.3 Å². The molecule has 0 aliphatic heterocycles. The van der Waals surface area contributed by atoms with Crippen LogP contribution >= 0.6 is 0 Å². The first kappa shape index (κ1) is 13.0. The minimum Gasteiger partial charge on any atom is -0.300 e. The third kappa shape index (κ3) is 3.48. The van der Waals surface area contributed by atoms with Gasteiger partial charge in [-0.25, -0.2) is 0 Å². The Bertz CT molecular complexity index is 315. The van der Waals surface area contributed by atoms with Gasteiger partial charge in [-0.05, 0) is 24.8 Å². The molecule has 1 rings (SSSR count). The lowest BCUT2D eigenvalue weighted by Gasteiger charge is -2.21. The molecular weight excluding hydrogens is 196 g/mol. The lowest BCUT2D eigenvalue weighted by molar-refractivity contribution is -0.121. The summed E-state index contributed by atoms with van der Waals surface area (Å²) < 4.78 is 0. The van der Waals surface area contributed by atoms with E-state index in [0.29, 0.717) is 11.7 Å². The number of unbranched alkanes of at least 4 members (excludes halogenated alkanes) is 1. The van der Waals surface area contributed by atoms with E-state index < -0.39 is 0 Å². The smallest absolute Gasteiger partial charge is 0.133 e. The van der Waals surface area contributed by atoms with Crippen LogP contribution in [-0.2, 0) is 4.79 Å². The molecule has 0 saturated heterocycles. The summed E-state index contributed by atoms with van der Waals surface area (Å²) in [5, 5.41) is 0. The number of ketones is 1. The van der Waals surface area contributed by atoms with E-state index in [9.17, 15) is 4.79 Å². The second-order valence-corrected chi connectivity index (χ2v) is 4.56. The van der Waals surface area contributed by atoms with Crippen molar-refractivity contribution in [3.63, 3.8) is 0 Å². The summed E-state index contributed by atoms with van der Waals surface area (Å²) in [5.41, 5.74) is 1.28. The molecule has 0 heterocycles. The minimum atomic E-state index is 0.183. The molecule has 0 fully saturated rings. The Labute approximate surface area is 98.9 Å². The van der Waals surface area contributed by atoms with Crippen LogP contribution in [-0.4, -0.2) is 5.78 Å². The van der Waals surface area contributed by atoms with Crippen LogP contribution < -0.4 is 0 Å². The highest BCUT2D eigenvalue weighted by atomic mass is 16.1. The van der Waals surface area contributed by atoms with Crippen molar-refractivity contribution < 1.29 is 4.79 Å². The summed E-state index contributed by atoms with van der Waals surface area (Å²) in [4.78, 5) is 11.7. The highest BCUT2D eigenvalue weighted by molar-refractivity contribution is 5.79. The number of carbonyl (C=O) groups is 1. The second-order valence-electron chi connectivity index (χ2n) is 4.56. The number of hydrogen-bond acceptors (Lipinski definition) is 1. The van der Waals surface area contributed by atoms with E-state index in [1.165, 1.54) is 5.56 Å². The maximum Gasteiger partial charge on any atom is 0.133 e. The van der Waals surface area contributed by atoms with Gasteiger partial charge in [0.1, 0.15) is 5.78 Å². The highest BCUT2D eigenvalue weighted by Gasteiger charge is 2.22. The van der Waals surface area contributed by atoms with Crippen LogP contribution in [0.2, 0.25) is 0 Å². The van der Waals surface area contributed by atoms with Gasteiger partial charge in [-0.15, -0.1) is 0 Å². The van der Waals surface area contributed by atoms with Crippen LogP contribution in [0.5, 0.6) is 0 Å². The Morgan fingerprint density at radius 3 is 2.38 bits per heavy atom. The summed E-state index contributed by atoms with van der Waals surface area (Å²) >= 11 is 0. The van der Waals surface area contributed by atoms with Gasteiger partial charge in [0.15, 0.2) is 0 Å². The molecule has 0 spiro atoms. The lowest BCUT2D eigenvalue weighted by Crippen LogP contribution is -2.18. The Hall–Kier alpha value is -1.11. The van der Waals surface area contributed by atoms with Gasteiger partial charge in [-0.1, -0.05) is 57.0 Å². The van der Waals surface area contributed by atoms with Gasteiger partial charge >= 0.3 is 0 Å². The predicted molar refractivity (Wildman–Crippen MR) is 68.6 cm³/mol. The van der Waals surface area contributed by atoms with Gasteiger partial charge in [0.05, 0.1) is 0 Å². The van der Waals surface area contributed by atoms with Gasteiger partial charge in [-0.3, -0.25) is 4.79 Å². The average molecular weight is 218 g/mol. The average Bonchev–Trinajstić information content (AvgIpc) is 2.30. The van der Waals surface area contributed by atoms with Crippen LogP contribution in [0.25, 0.3) is 0 Å². The number of benzene rings is 1. The Balaban J connectivity index is 2.75. The molecule has 0 N–H and O–H groups in total. The first-order chi connectivity index (χ1) is 7.66. The normalized spacial score (nSPS) is 14.4. The van der Waals surface area contributed by atoms with E-state index in [1.807, 2.05) is 18.2 Å². The minimum absolute atomic E-state index is 0.183. The molecule has 0 aliphatic rings. The summed E-state index contributed by atoms with van der Waals surface area (Å²) in [6.45, 7) is 6.06. The molecule has 1 heteroatoms. The number of carbonyl (C=O) groups excluding carboxylic acids is 1. The SMILES string of the molecule is CCCC[C@H](C(C)=O)[C@H](C)c1ccccc1. The van der Waals surface area contributed by atoms with Crippen LogP contribution in [0.4, 0.5) is 0 Å². The summed E-state index contributed by atoms with van der Waals surface area (Å²) in [5.74, 6) is 0.845. The monoisotopic (exact) mass is 218 g/mol. The van der Waals surface area contributed by atoms with Crippen molar-refractivity contribution in [1.29, 1.82) is 0 Å². The Morgan fingerprint density at radius 1 is 1.25 bits per heavy atom. The highest BCUT2D eigenvalue weighted by Crippen LogP contribution is 2.28. The first-order valence-corrected chi connectivity index (χ1v) is 6.22. The molecule has 0 radical (unpaired) electrons. The fourth-order valence-electron chi connectivity index (χ4n) is 2.22. The van der Waals surface area contributed by atoms with Crippen LogP contribution in [0.1, 0.15) is 51.5 Å². The fourth-order valence-corrected chi connectivity index (χ4v) is 2.22. The van der Waals surface area contributed by atoms with Crippen molar-refractivity contribution >= 4 is 5.78 Å². The number of rotatable bonds is 6. The maximum atomic E-state index is 11.7. The quantitative estimate of drug-likeness (QED) is 0.700. The lowest BCUT2D eigenvalue weighted by atomic mass is 9.82. The molecule has 1 aromatic carbocycles. The zero-order chi connectivity index (χ0) is 12.0. The maximum absolute atomic E-state index is 11.7. The van der Waals surface area contributed by atoms with Gasteiger partial charge in [-0.2, -0.15) is 0 Å². The molecule has 0 saturated carbocycles. The predicted octanol–water partition coefficient (Wildman–Crippen LogP) is 4.19. The van der Waals surface area contributed by atoms with Crippen molar-refractivity contribution in [3.8, 4) is 0 Å². The Kier molecular flexibility index (Phi) is 5.24. The molecule has 0 aliphatic carbocycles. The molecule has 1 nitrogen and oxygen atoms in total. The van der Waals surface area contributed by atoms with Crippen molar-refractivity contribution in [1.82, 2.24) is 0 Å². The molecule has 0 aromatic heterocycles. The van der Waals surface area contributed by atoms with Crippen LogP contribution in [0.3, 0.4) is 0 Å². The van der Waals surface area contributed by atoms with Crippen molar-refractivity contribution in [2.75, 3.05) is 0 Å². The molecule has 88 valence electrons. The Morgan fingerprint density at radius 2 is 1.88 bits per heavy atom. The molecular formula is C15H22O. The molecule has 16 heavy (non-hydrogen) atoms. The van der Waals surface area contributed by atoms with E-state index in [4.69, 9.17) is 0 Å². The van der Waals surface area contributed by atoms with Crippen molar-refractivity contribution in [3.05, 3.63) is 35.9 Å². The van der Waals surface area contributed by atoms with Gasteiger partial charge < -0.3 is 0 Å². The van der Waals surface area contributed by atoms with Crippen molar-refractivity contribution in [2.24, 2.45) is 5.92 Å². The molecule has 1 aromatic rings. The zero-order valence-electron chi connectivity index (χ0n) is 10.6. The van der Waals surface area contributed by atoms with Gasteiger partial charge in [0, 0.05) is 5.92 Å². The van der Waals surface area contributed by atoms with Gasteiger partial charge in [0.25, 0.3) is 0 Å². The fraction of sp³-hybridized carbons (Fsp3) is 0.533. The van der Waals surface area contributed by atoms with Gasteiger partial charge in [0.2, 0.25) is 0 Å².